The number of nitrogens with two attached hydrogens (primary N) is 1. The van der Waals surface area contributed by atoms with Crippen LogP contribution < -0.4 is 5.73 Å². The molecule has 0 unspecified atom stereocenters. The predicted molar refractivity (Wildman–Crippen MR) is 77.7 cm³/mol. The van der Waals surface area contributed by atoms with Crippen LogP contribution in [-0.4, -0.2) is 0 Å². The molecule has 2 rings (SSSR count). The van der Waals surface area contributed by atoms with Gasteiger partial charge in [0.15, 0.2) is 0 Å². The van der Waals surface area contributed by atoms with Gasteiger partial charge in [-0.05, 0) is 18.1 Å². The van der Waals surface area contributed by atoms with E-state index in [1.807, 2.05) is 44.2 Å². The number of rotatable bonds is 2. The van der Waals surface area contributed by atoms with Crippen LogP contribution in [0.4, 0.5) is 11.4 Å². The summed E-state index contributed by atoms with van der Waals surface area (Å²) in [6.45, 7) is 11.0. The Balaban J connectivity index is 0.000000771. The van der Waals surface area contributed by atoms with Gasteiger partial charge in [0, 0.05) is 5.69 Å². The van der Waals surface area contributed by atoms with E-state index >= 15 is 0 Å². The normalized spacial score (nSPS) is 8.94. The van der Waals surface area contributed by atoms with Crippen molar-refractivity contribution in [2.24, 2.45) is 0 Å². The van der Waals surface area contributed by atoms with Crippen LogP contribution in [0.1, 0.15) is 25.0 Å². The maximum Gasteiger partial charge on any atom is 0.209 e. The minimum atomic E-state index is 0.536. The summed E-state index contributed by atoms with van der Waals surface area (Å²) >= 11 is 0. The Labute approximate surface area is 109 Å². The molecule has 2 aromatic carbocycles. The fraction of sp³-hybridized carbons (Fsp3) is 0.188. The molecule has 0 atom stereocenters. The number of hydrogen-bond acceptors (Lipinski definition) is 1. The van der Waals surface area contributed by atoms with Crippen LogP contribution in [0.5, 0.6) is 0 Å². The molecule has 2 N–H and O–H groups in total. The molecule has 0 aliphatic carbocycles. The smallest absolute Gasteiger partial charge is 0.209 e. The standard InChI is InChI=1S/C14H12N2.C2H6/c1-16-14-10-12(7-8-13(14)15)9-11-5-3-2-4-6-11;1-2/h2-8,10H,9,15H2;1-2H3. The highest BCUT2D eigenvalue weighted by Crippen LogP contribution is 2.24. The van der Waals surface area contributed by atoms with Gasteiger partial charge in [0.05, 0.1) is 6.57 Å². The maximum absolute atomic E-state index is 7.01. The molecule has 0 saturated heterocycles. The van der Waals surface area contributed by atoms with Crippen LogP contribution in [0.2, 0.25) is 0 Å². The SMILES string of the molecule is CC.[C-]#[N+]c1cc(Cc2ccccc2)ccc1N. The van der Waals surface area contributed by atoms with Gasteiger partial charge in [-0.15, -0.1) is 0 Å². The van der Waals surface area contributed by atoms with Crippen LogP contribution in [0, 0.1) is 6.57 Å². The van der Waals surface area contributed by atoms with Gasteiger partial charge < -0.3 is 5.73 Å². The molecule has 92 valence electrons. The lowest BCUT2D eigenvalue weighted by Gasteiger charge is -2.04. The van der Waals surface area contributed by atoms with Crippen LogP contribution in [0.25, 0.3) is 4.85 Å². The molecule has 2 aromatic rings. The molecule has 2 nitrogen and oxygen atoms in total. The van der Waals surface area contributed by atoms with Crippen molar-refractivity contribution in [3.8, 4) is 0 Å². The summed E-state index contributed by atoms with van der Waals surface area (Å²) in [5, 5.41) is 0. The average molecular weight is 238 g/mol. The fourth-order valence-electron chi connectivity index (χ4n) is 1.63. The second-order valence-corrected chi connectivity index (χ2v) is 3.67. The van der Waals surface area contributed by atoms with E-state index < -0.39 is 0 Å². The van der Waals surface area contributed by atoms with E-state index in [2.05, 4.69) is 17.0 Å². The Bertz CT molecular complexity index is 525. The second-order valence-electron chi connectivity index (χ2n) is 3.67. The maximum atomic E-state index is 7.01. The zero-order valence-electron chi connectivity index (χ0n) is 10.9. The lowest BCUT2D eigenvalue weighted by atomic mass is 10.0. The summed E-state index contributed by atoms with van der Waals surface area (Å²) in [5.41, 5.74) is 9.12. The van der Waals surface area contributed by atoms with Crippen molar-refractivity contribution in [3.05, 3.63) is 71.1 Å². The lowest BCUT2D eigenvalue weighted by molar-refractivity contribution is 1.20. The third kappa shape index (κ3) is 3.64. The van der Waals surface area contributed by atoms with Gasteiger partial charge in [-0.2, -0.15) is 0 Å². The topological polar surface area (TPSA) is 30.4 Å². The van der Waals surface area contributed by atoms with Crippen LogP contribution >= 0.6 is 0 Å². The third-order valence-corrected chi connectivity index (χ3v) is 2.47. The predicted octanol–water partition coefficient (Wildman–Crippen LogP) is 4.44. The first-order valence-corrected chi connectivity index (χ1v) is 6.09. The summed E-state index contributed by atoms with van der Waals surface area (Å²) in [4.78, 5) is 3.40. The summed E-state index contributed by atoms with van der Waals surface area (Å²) in [6.07, 6.45) is 0.837. The second kappa shape index (κ2) is 7.13. The van der Waals surface area contributed by atoms with E-state index in [9.17, 15) is 0 Å². The Morgan fingerprint density at radius 1 is 1.00 bits per heavy atom. The molecule has 0 radical (unpaired) electrons. The average Bonchev–Trinajstić information content (AvgIpc) is 2.44. The highest BCUT2D eigenvalue weighted by molar-refractivity contribution is 5.67. The van der Waals surface area contributed by atoms with Crippen molar-refractivity contribution < 1.29 is 0 Å². The molecule has 2 heteroatoms. The van der Waals surface area contributed by atoms with Gasteiger partial charge in [-0.25, -0.2) is 4.85 Å². The summed E-state index contributed by atoms with van der Waals surface area (Å²) in [6, 6.07) is 15.8. The molecule has 0 aliphatic heterocycles. The van der Waals surface area contributed by atoms with Gasteiger partial charge in [0.1, 0.15) is 0 Å². The zero-order chi connectivity index (χ0) is 13.4. The Hall–Kier alpha value is -2.27. The van der Waals surface area contributed by atoms with Gasteiger partial charge in [-0.1, -0.05) is 61.9 Å². The highest BCUT2D eigenvalue weighted by Gasteiger charge is 2.01. The summed E-state index contributed by atoms with van der Waals surface area (Å²) in [5.74, 6) is 0. The molecule has 0 aliphatic rings. The number of anilines is 1. The molecular formula is C16H18N2. The van der Waals surface area contributed by atoms with Gasteiger partial charge in [0.2, 0.25) is 5.69 Å². The molecule has 0 aromatic heterocycles. The highest BCUT2D eigenvalue weighted by atomic mass is 14.7. The number of nitrogens with zero attached hydrogens (tertiary/aromatic N) is 1. The minimum Gasteiger partial charge on any atom is -0.407 e. The minimum absolute atomic E-state index is 0.536. The largest absolute Gasteiger partial charge is 0.407 e. The molecule has 0 fully saturated rings. The molecule has 0 heterocycles. The van der Waals surface area contributed by atoms with Crippen molar-refractivity contribution in [3.63, 3.8) is 0 Å². The van der Waals surface area contributed by atoms with E-state index in [4.69, 9.17) is 12.3 Å². The molecule has 0 saturated carbocycles. The Morgan fingerprint density at radius 2 is 1.67 bits per heavy atom. The van der Waals surface area contributed by atoms with Crippen molar-refractivity contribution in [1.82, 2.24) is 0 Å². The monoisotopic (exact) mass is 238 g/mol. The van der Waals surface area contributed by atoms with Crippen molar-refractivity contribution in [2.45, 2.75) is 20.3 Å². The molecule has 0 amide bonds. The van der Waals surface area contributed by atoms with Crippen molar-refractivity contribution in [1.29, 1.82) is 0 Å². The summed E-state index contributed by atoms with van der Waals surface area (Å²) < 4.78 is 0. The first kappa shape index (κ1) is 13.8. The zero-order valence-corrected chi connectivity index (χ0v) is 10.9. The quantitative estimate of drug-likeness (QED) is 0.608. The molecular weight excluding hydrogens is 220 g/mol. The van der Waals surface area contributed by atoms with E-state index in [1.165, 1.54) is 5.56 Å². The first-order valence-electron chi connectivity index (χ1n) is 6.09. The number of benzene rings is 2. The molecule has 0 bridgehead atoms. The Kier molecular flexibility index (Phi) is 5.47. The lowest BCUT2D eigenvalue weighted by Crippen LogP contribution is -1.90. The van der Waals surface area contributed by atoms with E-state index in [0.29, 0.717) is 11.4 Å². The van der Waals surface area contributed by atoms with Crippen molar-refractivity contribution in [2.75, 3.05) is 5.73 Å². The fourth-order valence-corrected chi connectivity index (χ4v) is 1.63. The third-order valence-electron chi connectivity index (χ3n) is 2.47. The first-order chi connectivity index (χ1) is 8.79. The van der Waals surface area contributed by atoms with Gasteiger partial charge >= 0.3 is 0 Å². The van der Waals surface area contributed by atoms with Crippen LogP contribution in [0.3, 0.4) is 0 Å². The number of nitrogen functional groups attached to an aromatic ring is 1. The van der Waals surface area contributed by atoms with Crippen LogP contribution in [0.15, 0.2) is 48.5 Å². The van der Waals surface area contributed by atoms with Gasteiger partial charge in [-0.3, -0.25) is 0 Å². The number of hydrogen-bond donors (Lipinski definition) is 1. The van der Waals surface area contributed by atoms with E-state index in [-0.39, 0.29) is 0 Å². The van der Waals surface area contributed by atoms with Gasteiger partial charge in [0.25, 0.3) is 0 Å². The van der Waals surface area contributed by atoms with Crippen molar-refractivity contribution >= 4 is 11.4 Å². The Morgan fingerprint density at radius 3 is 2.28 bits per heavy atom. The van der Waals surface area contributed by atoms with E-state index in [1.54, 1.807) is 6.07 Å². The summed E-state index contributed by atoms with van der Waals surface area (Å²) in [7, 11) is 0. The van der Waals surface area contributed by atoms with Crippen LogP contribution in [-0.2, 0) is 6.42 Å². The van der Waals surface area contributed by atoms with E-state index in [0.717, 1.165) is 12.0 Å². The molecule has 0 spiro atoms. The molecule has 18 heavy (non-hydrogen) atoms.